The second-order valence-corrected chi connectivity index (χ2v) is 3.73. The van der Waals surface area contributed by atoms with E-state index in [-0.39, 0.29) is 5.02 Å². The van der Waals surface area contributed by atoms with Gasteiger partial charge in [-0.3, -0.25) is 0 Å². The van der Waals surface area contributed by atoms with Crippen molar-refractivity contribution >= 4 is 11.6 Å². The van der Waals surface area contributed by atoms with Crippen molar-refractivity contribution in [3.8, 4) is 17.2 Å². The van der Waals surface area contributed by atoms with Crippen LogP contribution in [-0.2, 0) is 0 Å². The number of hydrogen-bond donors (Lipinski definition) is 0. The quantitative estimate of drug-likeness (QED) is 0.812. The third-order valence-corrected chi connectivity index (χ3v) is 2.48. The Kier molecular flexibility index (Phi) is 3.49. The molecule has 0 fully saturated rings. The van der Waals surface area contributed by atoms with Crippen molar-refractivity contribution in [2.75, 3.05) is 7.11 Å². The van der Waals surface area contributed by atoms with Crippen molar-refractivity contribution in [3.63, 3.8) is 0 Å². The van der Waals surface area contributed by atoms with Gasteiger partial charge in [0.15, 0.2) is 11.5 Å². The molecule has 0 aliphatic rings. The molecule has 0 amide bonds. The summed E-state index contributed by atoms with van der Waals surface area (Å²) < 4.78 is 23.6. The number of para-hydroxylation sites is 2. The zero-order chi connectivity index (χ0) is 12.3. The Morgan fingerprint density at radius 3 is 2.35 bits per heavy atom. The number of halogens is 2. The van der Waals surface area contributed by atoms with Gasteiger partial charge >= 0.3 is 0 Å². The number of hydrogen-bond acceptors (Lipinski definition) is 2. The lowest BCUT2D eigenvalue weighted by Crippen LogP contribution is -1.90. The molecule has 17 heavy (non-hydrogen) atoms. The summed E-state index contributed by atoms with van der Waals surface area (Å²) in [6.45, 7) is 0. The Labute approximate surface area is 104 Å². The van der Waals surface area contributed by atoms with Crippen LogP contribution in [0.1, 0.15) is 0 Å². The van der Waals surface area contributed by atoms with Gasteiger partial charge in [-0.2, -0.15) is 0 Å². The van der Waals surface area contributed by atoms with Gasteiger partial charge in [0, 0.05) is 0 Å². The molecular weight excluding hydrogens is 243 g/mol. The number of methoxy groups -OCH3 is 1. The molecule has 0 saturated heterocycles. The van der Waals surface area contributed by atoms with E-state index in [0.717, 1.165) is 0 Å². The molecule has 88 valence electrons. The largest absolute Gasteiger partial charge is 0.493 e. The van der Waals surface area contributed by atoms with Crippen molar-refractivity contribution in [2.45, 2.75) is 0 Å². The first-order valence-corrected chi connectivity index (χ1v) is 5.34. The molecule has 0 aliphatic carbocycles. The molecule has 4 heteroatoms. The second-order valence-electron chi connectivity index (χ2n) is 3.33. The van der Waals surface area contributed by atoms with E-state index in [2.05, 4.69) is 0 Å². The van der Waals surface area contributed by atoms with E-state index in [1.54, 1.807) is 19.2 Å². The first kappa shape index (κ1) is 11.7. The molecule has 0 aromatic heterocycles. The third kappa shape index (κ3) is 2.68. The van der Waals surface area contributed by atoms with E-state index in [4.69, 9.17) is 21.1 Å². The predicted molar refractivity (Wildman–Crippen MR) is 64.5 cm³/mol. The summed E-state index contributed by atoms with van der Waals surface area (Å²) in [6, 6.07) is 11.1. The lowest BCUT2D eigenvalue weighted by Gasteiger charge is -2.10. The Balaban J connectivity index is 2.31. The van der Waals surface area contributed by atoms with Crippen molar-refractivity contribution < 1.29 is 13.9 Å². The standard InChI is InChI=1S/C13H10ClFO2/c1-16-12-4-2-3-5-13(12)17-11-7-6-9(15)8-10(11)14/h2-8H,1H3. The van der Waals surface area contributed by atoms with Gasteiger partial charge < -0.3 is 9.47 Å². The lowest BCUT2D eigenvalue weighted by molar-refractivity contribution is 0.378. The second kappa shape index (κ2) is 5.06. The molecule has 2 aromatic rings. The van der Waals surface area contributed by atoms with Gasteiger partial charge in [0.25, 0.3) is 0 Å². The molecule has 0 atom stereocenters. The number of benzene rings is 2. The van der Waals surface area contributed by atoms with E-state index in [1.807, 2.05) is 12.1 Å². The Bertz CT molecular complexity index is 529. The van der Waals surface area contributed by atoms with Crippen molar-refractivity contribution in [1.29, 1.82) is 0 Å². The summed E-state index contributed by atoms with van der Waals surface area (Å²) in [5.74, 6) is 1.11. The van der Waals surface area contributed by atoms with Gasteiger partial charge in [-0.1, -0.05) is 23.7 Å². The van der Waals surface area contributed by atoms with Crippen LogP contribution >= 0.6 is 11.6 Å². The van der Waals surface area contributed by atoms with E-state index in [1.165, 1.54) is 18.2 Å². The van der Waals surface area contributed by atoms with Crippen LogP contribution in [0.5, 0.6) is 17.2 Å². The first-order chi connectivity index (χ1) is 8.20. The van der Waals surface area contributed by atoms with Crippen LogP contribution in [0.25, 0.3) is 0 Å². The van der Waals surface area contributed by atoms with Gasteiger partial charge in [-0.25, -0.2) is 4.39 Å². The Morgan fingerprint density at radius 2 is 1.71 bits per heavy atom. The first-order valence-electron chi connectivity index (χ1n) is 4.96. The van der Waals surface area contributed by atoms with Crippen molar-refractivity contribution in [3.05, 3.63) is 53.3 Å². The summed E-state index contributed by atoms with van der Waals surface area (Å²) in [4.78, 5) is 0. The zero-order valence-electron chi connectivity index (χ0n) is 9.11. The number of rotatable bonds is 3. The molecule has 0 N–H and O–H groups in total. The predicted octanol–water partition coefficient (Wildman–Crippen LogP) is 4.28. The topological polar surface area (TPSA) is 18.5 Å². The molecule has 0 aliphatic heterocycles. The molecule has 0 spiro atoms. The molecule has 2 rings (SSSR count). The monoisotopic (exact) mass is 252 g/mol. The highest BCUT2D eigenvalue weighted by atomic mass is 35.5. The van der Waals surface area contributed by atoms with Crippen LogP contribution in [-0.4, -0.2) is 7.11 Å². The fourth-order valence-electron chi connectivity index (χ4n) is 1.38. The SMILES string of the molecule is COc1ccccc1Oc1ccc(F)cc1Cl. The molecule has 0 bridgehead atoms. The molecule has 2 aromatic carbocycles. The van der Waals surface area contributed by atoms with Crippen LogP contribution in [0.2, 0.25) is 5.02 Å². The smallest absolute Gasteiger partial charge is 0.169 e. The summed E-state index contributed by atoms with van der Waals surface area (Å²) in [7, 11) is 1.55. The molecule has 2 nitrogen and oxygen atoms in total. The molecule has 0 radical (unpaired) electrons. The normalized spacial score (nSPS) is 10.1. The van der Waals surface area contributed by atoms with Crippen LogP contribution < -0.4 is 9.47 Å². The van der Waals surface area contributed by atoms with E-state index in [9.17, 15) is 4.39 Å². The van der Waals surface area contributed by atoms with Gasteiger partial charge in [0.1, 0.15) is 11.6 Å². The summed E-state index contributed by atoms with van der Waals surface area (Å²) >= 11 is 5.87. The minimum Gasteiger partial charge on any atom is -0.493 e. The van der Waals surface area contributed by atoms with Crippen molar-refractivity contribution in [1.82, 2.24) is 0 Å². The van der Waals surface area contributed by atoms with E-state index < -0.39 is 5.82 Å². The molecule has 0 heterocycles. The number of ether oxygens (including phenoxy) is 2. The van der Waals surface area contributed by atoms with Gasteiger partial charge in [0.2, 0.25) is 0 Å². The average Bonchev–Trinajstić information content (AvgIpc) is 2.33. The lowest BCUT2D eigenvalue weighted by atomic mass is 10.3. The van der Waals surface area contributed by atoms with Crippen LogP contribution in [0.3, 0.4) is 0 Å². The highest BCUT2D eigenvalue weighted by Gasteiger charge is 2.08. The summed E-state index contributed by atoms with van der Waals surface area (Å²) in [6.07, 6.45) is 0. The van der Waals surface area contributed by atoms with Gasteiger partial charge in [-0.05, 0) is 30.3 Å². The van der Waals surface area contributed by atoms with Crippen molar-refractivity contribution in [2.24, 2.45) is 0 Å². The zero-order valence-corrected chi connectivity index (χ0v) is 9.87. The van der Waals surface area contributed by atoms with E-state index in [0.29, 0.717) is 17.2 Å². The maximum absolute atomic E-state index is 12.9. The van der Waals surface area contributed by atoms with Crippen LogP contribution in [0.15, 0.2) is 42.5 Å². The highest BCUT2D eigenvalue weighted by Crippen LogP contribution is 2.34. The minimum absolute atomic E-state index is 0.218. The minimum atomic E-state index is -0.401. The fourth-order valence-corrected chi connectivity index (χ4v) is 1.59. The molecule has 0 saturated carbocycles. The average molecular weight is 253 g/mol. The van der Waals surface area contributed by atoms with Crippen LogP contribution in [0, 0.1) is 5.82 Å². The molecular formula is C13H10ClFO2. The van der Waals surface area contributed by atoms with Gasteiger partial charge in [-0.15, -0.1) is 0 Å². The summed E-state index contributed by atoms with van der Waals surface area (Å²) in [5.41, 5.74) is 0. The maximum atomic E-state index is 12.9. The Hall–Kier alpha value is -1.74. The van der Waals surface area contributed by atoms with Gasteiger partial charge in [0.05, 0.1) is 12.1 Å². The molecule has 0 unspecified atom stereocenters. The highest BCUT2D eigenvalue weighted by molar-refractivity contribution is 6.32. The Morgan fingerprint density at radius 1 is 1.00 bits per heavy atom. The summed E-state index contributed by atoms with van der Waals surface area (Å²) in [5, 5.41) is 0.218. The maximum Gasteiger partial charge on any atom is 0.169 e. The third-order valence-electron chi connectivity index (χ3n) is 2.18. The van der Waals surface area contributed by atoms with Crippen LogP contribution in [0.4, 0.5) is 4.39 Å². The fraction of sp³-hybridized carbons (Fsp3) is 0.0769. The van der Waals surface area contributed by atoms with E-state index >= 15 is 0 Å².